The van der Waals surface area contributed by atoms with Crippen molar-refractivity contribution in [3.05, 3.63) is 34.9 Å². The van der Waals surface area contributed by atoms with Crippen LogP contribution in [-0.4, -0.2) is 54.6 Å². The summed E-state index contributed by atoms with van der Waals surface area (Å²) < 4.78 is 0. The molecule has 1 aliphatic rings. The summed E-state index contributed by atoms with van der Waals surface area (Å²) in [7, 11) is 0. The summed E-state index contributed by atoms with van der Waals surface area (Å²) in [5.41, 5.74) is 1.19. The van der Waals surface area contributed by atoms with Gasteiger partial charge in [0, 0.05) is 43.8 Å². The van der Waals surface area contributed by atoms with Crippen molar-refractivity contribution in [2.45, 2.75) is 32.7 Å². The third-order valence-corrected chi connectivity index (χ3v) is 4.67. The van der Waals surface area contributed by atoms with Crippen molar-refractivity contribution in [3.63, 3.8) is 0 Å². The normalized spacial score (nSPS) is 17.3. The fourth-order valence-corrected chi connectivity index (χ4v) is 2.83. The molecule has 0 aromatic heterocycles. The van der Waals surface area contributed by atoms with E-state index >= 15 is 0 Å². The van der Waals surface area contributed by atoms with Gasteiger partial charge in [0.2, 0.25) is 0 Å². The number of halogens is 1. The lowest BCUT2D eigenvalue weighted by Gasteiger charge is -2.37. The molecule has 4 nitrogen and oxygen atoms in total. The van der Waals surface area contributed by atoms with E-state index in [9.17, 15) is 4.79 Å². The second kappa shape index (κ2) is 8.39. The zero-order chi connectivity index (χ0) is 15.9. The Kier molecular flexibility index (Phi) is 6.52. The molecule has 2 rings (SSSR count). The van der Waals surface area contributed by atoms with Crippen LogP contribution in [-0.2, 0) is 6.42 Å². The van der Waals surface area contributed by atoms with Gasteiger partial charge in [-0.1, -0.05) is 30.7 Å². The first kappa shape index (κ1) is 17.1. The minimum atomic E-state index is 0.0535. The van der Waals surface area contributed by atoms with Gasteiger partial charge in [0.1, 0.15) is 0 Å². The van der Waals surface area contributed by atoms with Gasteiger partial charge in [0.15, 0.2) is 0 Å². The van der Waals surface area contributed by atoms with Gasteiger partial charge in [0.25, 0.3) is 0 Å². The van der Waals surface area contributed by atoms with Gasteiger partial charge < -0.3 is 10.2 Å². The average Bonchev–Trinajstić information content (AvgIpc) is 2.56. The zero-order valence-corrected chi connectivity index (χ0v) is 14.3. The largest absolute Gasteiger partial charge is 0.338 e. The molecule has 1 aliphatic heterocycles. The predicted molar refractivity (Wildman–Crippen MR) is 91.5 cm³/mol. The molecule has 5 heteroatoms. The minimum Gasteiger partial charge on any atom is -0.338 e. The number of hydrogen-bond acceptors (Lipinski definition) is 2. The van der Waals surface area contributed by atoms with Gasteiger partial charge in [0.05, 0.1) is 0 Å². The number of carbonyl (C=O) groups is 1. The summed E-state index contributed by atoms with van der Waals surface area (Å²) in [5, 5.41) is 3.75. The standard InChI is InChI=1S/C17H26ClN3O/c1-3-14(2)20-10-12-21(13-11-20)17(22)19-9-8-15-4-6-16(18)7-5-15/h4-7,14H,3,8-13H2,1-2H3,(H,19,22). The molecule has 1 saturated heterocycles. The molecular formula is C17H26ClN3O. The van der Waals surface area contributed by atoms with Crippen LogP contribution in [0.1, 0.15) is 25.8 Å². The first-order chi connectivity index (χ1) is 10.6. The quantitative estimate of drug-likeness (QED) is 0.904. The summed E-state index contributed by atoms with van der Waals surface area (Å²) in [6.07, 6.45) is 1.99. The highest BCUT2D eigenvalue weighted by atomic mass is 35.5. The molecule has 1 unspecified atom stereocenters. The Morgan fingerprint density at radius 3 is 2.45 bits per heavy atom. The number of amides is 2. The molecular weight excluding hydrogens is 298 g/mol. The van der Waals surface area contributed by atoms with E-state index in [1.165, 1.54) is 5.56 Å². The SMILES string of the molecule is CCC(C)N1CCN(C(=O)NCCc2ccc(Cl)cc2)CC1. The molecule has 122 valence electrons. The van der Waals surface area contributed by atoms with E-state index in [0.717, 1.165) is 44.0 Å². The maximum atomic E-state index is 12.2. The molecule has 1 fully saturated rings. The number of benzene rings is 1. The number of piperazine rings is 1. The van der Waals surface area contributed by atoms with E-state index in [-0.39, 0.29) is 6.03 Å². The Morgan fingerprint density at radius 2 is 1.86 bits per heavy atom. The van der Waals surface area contributed by atoms with E-state index in [4.69, 9.17) is 11.6 Å². The summed E-state index contributed by atoms with van der Waals surface area (Å²) in [5.74, 6) is 0. The molecule has 0 spiro atoms. The van der Waals surface area contributed by atoms with Crippen LogP contribution in [0.4, 0.5) is 4.79 Å². The molecule has 0 aliphatic carbocycles. The van der Waals surface area contributed by atoms with Gasteiger partial charge in [-0.2, -0.15) is 0 Å². The van der Waals surface area contributed by atoms with Crippen LogP contribution in [0, 0.1) is 0 Å². The fourth-order valence-electron chi connectivity index (χ4n) is 2.70. The summed E-state index contributed by atoms with van der Waals surface area (Å²) in [6.45, 7) is 8.70. The van der Waals surface area contributed by atoms with Gasteiger partial charge in [-0.3, -0.25) is 4.90 Å². The van der Waals surface area contributed by atoms with Crippen molar-refractivity contribution in [2.24, 2.45) is 0 Å². The third kappa shape index (κ3) is 4.89. The Morgan fingerprint density at radius 1 is 1.23 bits per heavy atom. The Balaban J connectivity index is 1.69. The number of nitrogens with one attached hydrogen (secondary N) is 1. The van der Waals surface area contributed by atoms with Crippen LogP contribution in [0.15, 0.2) is 24.3 Å². The van der Waals surface area contributed by atoms with Crippen LogP contribution >= 0.6 is 11.6 Å². The van der Waals surface area contributed by atoms with Crippen LogP contribution in [0.2, 0.25) is 5.02 Å². The number of carbonyl (C=O) groups excluding carboxylic acids is 1. The topological polar surface area (TPSA) is 35.6 Å². The van der Waals surface area contributed by atoms with Crippen molar-refractivity contribution in [1.82, 2.24) is 15.1 Å². The molecule has 0 saturated carbocycles. The molecule has 1 atom stereocenters. The molecule has 1 N–H and O–H groups in total. The maximum Gasteiger partial charge on any atom is 0.317 e. The number of hydrogen-bond donors (Lipinski definition) is 1. The van der Waals surface area contributed by atoms with E-state index in [2.05, 4.69) is 24.1 Å². The van der Waals surface area contributed by atoms with E-state index in [0.29, 0.717) is 12.6 Å². The summed E-state index contributed by atoms with van der Waals surface area (Å²) in [6, 6.07) is 8.42. The minimum absolute atomic E-state index is 0.0535. The Labute approximate surface area is 138 Å². The summed E-state index contributed by atoms with van der Waals surface area (Å²) in [4.78, 5) is 16.5. The van der Waals surface area contributed by atoms with Crippen molar-refractivity contribution >= 4 is 17.6 Å². The molecule has 0 bridgehead atoms. The zero-order valence-electron chi connectivity index (χ0n) is 13.5. The average molecular weight is 324 g/mol. The maximum absolute atomic E-state index is 12.2. The smallest absolute Gasteiger partial charge is 0.317 e. The highest BCUT2D eigenvalue weighted by molar-refractivity contribution is 6.30. The third-order valence-electron chi connectivity index (χ3n) is 4.42. The predicted octanol–water partition coefficient (Wildman–Crippen LogP) is 3.01. The van der Waals surface area contributed by atoms with Crippen molar-refractivity contribution in [3.8, 4) is 0 Å². The monoisotopic (exact) mass is 323 g/mol. The molecule has 1 aromatic rings. The Hall–Kier alpha value is -1.26. The van der Waals surface area contributed by atoms with Crippen LogP contribution in [0.3, 0.4) is 0 Å². The van der Waals surface area contributed by atoms with Crippen molar-refractivity contribution < 1.29 is 4.79 Å². The van der Waals surface area contributed by atoms with Gasteiger partial charge in [-0.25, -0.2) is 4.79 Å². The van der Waals surface area contributed by atoms with E-state index in [1.807, 2.05) is 29.2 Å². The first-order valence-corrected chi connectivity index (χ1v) is 8.49. The lowest BCUT2D eigenvalue weighted by molar-refractivity contribution is 0.112. The molecule has 0 radical (unpaired) electrons. The van der Waals surface area contributed by atoms with Crippen molar-refractivity contribution in [2.75, 3.05) is 32.7 Å². The highest BCUT2D eigenvalue weighted by Crippen LogP contribution is 2.10. The van der Waals surface area contributed by atoms with Gasteiger partial charge >= 0.3 is 6.03 Å². The fraction of sp³-hybridized carbons (Fsp3) is 0.588. The van der Waals surface area contributed by atoms with E-state index < -0.39 is 0 Å². The number of nitrogens with zero attached hydrogens (tertiary/aromatic N) is 2. The number of rotatable bonds is 5. The first-order valence-electron chi connectivity index (χ1n) is 8.11. The molecule has 2 amide bonds. The van der Waals surface area contributed by atoms with Crippen LogP contribution in [0.5, 0.6) is 0 Å². The second-order valence-corrected chi connectivity index (χ2v) is 6.33. The summed E-state index contributed by atoms with van der Waals surface area (Å²) >= 11 is 5.86. The van der Waals surface area contributed by atoms with E-state index in [1.54, 1.807) is 0 Å². The van der Waals surface area contributed by atoms with Crippen molar-refractivity contribution in [1.29, 1.82) is 0 Å². The molecule has 1 aromatic carbocycles. The highest BCUT2D eigenvalue weighted by Gasteiger charge is 2.22. The lowest BCUT2D eigenvalue weighted by atomic mass is 10.1. The molecule has 1 heterocycles. The van der Waals surface area contributed by atoms with Crippen LogP contribution < -0.4 is 5.32 Å². The molecule has 22 heavy (non-hydrogen) atoms. The Bertz CT molecular complexity index is 469. The lowest BCUT2D eigenvalue weighted by Crippen LogP contribution is -2.53. The number of urea groups is 1. The second-order valence-electron chi connectivity index (χ2n) is 5.89. The van der Waals surface area contributed by atoms with Crippen LogP contribution in [0.25, 0.3) is 0 Å². The van der Waals surface area contributed by atoms with Gasteiger partial charge in [-0.15, -0.1) is 0 Å². The van der Waals surface area contributed by atoms with Gasteiger partial charge in [-0.05, 0) is 37.5 Å².